The number of hydrogen-bond acceptors (Lipinski definition) is 4. The number of benzene rings is 1. The summed E-state index contributed by atoms with van der Waals surface area (Å²) in [6, 6.07) is 5.72. The highest BCUT2D eigenvalue weighted by Gasteiger charge is 2.16. The van der Waals surface area contributed by atoms with Crippen LogP contribution in [0.25, 0.3) is 0 Å². The van der Waals surface area contributed by atoms with Crippen molar-refractivity contribution in [1.29, 1.82) is 0 Å². The number of carbonyl (C=O) groups excluding carboxylic acids is 1. The smallest absolute Gasteiger partial charge is 0.340 e. The van der Waals surface area contributed by atoms with Crippen LogP contribution in [0.15, 0.2) is 18.2 Å². The van der Waals surface area contributed by atoms with Crippen LogP contribution in [0.4, 0.5) is 11.4 Å². The summed E-state index contributed by atoms with van der Waals surface area (Å²) in [6.07, 6.45) is 0. The third-order valence-corrected chi connectivity index (χ3v) is 2.73. The Morgan fingerprint density at radius 2 is 2.12 bits per heavy atom. The molecule has 0 aliphatic rings. The molecule has 94 valence electrons. The second-order valence-corrected chi connectivity index (χ2v) is 4.16. The summed E-state index contributed by atoms with van der Waals surface area (Å²) in [6.45, 7) is 6.26. The van der Waals surface area contributed by atoms with E-state index >= 15 is 0 Å². The molecule has 0 radical (unpaired) electrons. The molecule has 0 bridgehead atoms. The number of nitrogen functional groups attached to an aromatic ring is 1. The average molecular weight is 236 g/mol. The number of nitrogens with two attached hydrogens (primary N) is 1. The van der Waals surface area contributed by atoms with E-state index in [4.69, 9.17) is 10.5 Å². The summed E-state index contributed by atoms with van der Waals surface area (Å²) >= 11 is 0. The van der Waals surface area contributed by atoms with E-state index in [1.54, 1.807) is 13.0 Å². The first-order valence-corrected chi connectivity index (χ1v) is 5.77. The van der Waals surface area contributed by atoms with E-state index in [9.17, 15) is 4.79 Å². The number of esters is 1. The lowest BCUT2D eigenvalue weighted by Crippen LogP contribution is -2.27. The highest BCUT2D eigenvalue weighted by Crippen LogP contribution is 2.27. The Hall–Kier alpha value is -1.71. The fourth-order valence-electron chi connectivity index (χ4n) is 1.53. The molecule has 4 nitrogen and oxygen atoms in total. The average Bonchev–Trinajstić information content (AvgIpc) is 2.28. The zero-order chi connectivity index (χ0) is 13.0. The number of hydrogen-bond donors (Lipinski definition) is 1. The normalized spacial score (nSPS) is 10.4. The fraction of sp³-hybridized carbons (Fsp3) is 0.462. The van der Waals surface area contributed by atoms with E-state index in [0.29, 0.717) is 23.9 Å². The van der Waals surface area contributed by atoms with E-state index in [-0.39, 0.29) is 5.97 Å². The van der Waals surface area contributed by atoms with Crippen molar-refractivity contribution in [3.05, 3.63) is 23.8 Å². The van der Waals surface area contributed by atoms with Gasteiger partial charge >= 0.3 is 5.97 Å². The first-order chi connectivity index (χ1) is 7.99. The molecular formula is C13H20N2O2. The number of nitrogens with zero attached hydrogens (tertiary/aromatic N) is 1. The molecule has 0 saturated heterocycles. The molecule has 0 aliphatic carbocycles. The van der Waals surface area contributed by atoms with Crippen molar-refractivity contribution in [3.8, 4) is 0 Å². The Labute approximate surface area is 102 Å². The molecule has 0 atom stereocenters. The third-order valence-electron chi connectivity index (χ3n) is 2.73. The van der Waals surface area contributed by atoms with Crippen molar-refractivity contribution in [2.45, 2.75) is 26.8 Å². The second kappa shape index (κ2) is 5.57. The Bertz CT molecular complexity index is 402. The number of anilines is 2. The standard InChI is InChI=1S/C13H20N2O2/c1-5-17-13(16)10-7-6-8-11(12(10)14)15(4)9(2)3/h6-9H,5,14H2,1-4H3. The minimum absolute atomic E-state index is 0.315. The summed E-state index contributed by atoms with van der Waals surface area (Å²) in [4.78, 5) is 13.7. The minimum Gasteiger partial charge on any atom is -0.462 e. The molecule has 0 amide bonds. The van der Waals surface area contributed by atoms with Gasteiger partial charge in [-0.15, -0.1) is 0 Å². The Morgan fingerprint density at radius 3 is 2.65 bits per heavy atom. The van der Waals surface area contributed by atoms with Crippen LogP contribution in [-0.4, -0.2) is 25.7 Å². The molecule has 17 heavy (non-hydrogen) atoms. The number of rotatable bonds is 4. The van der Waals surface area contributed by atoms with E-state index in [1.165, 1.54) is 0 Å². The molecular weight excluding hydrogens is 216 g/mol. The fourth-order valence-corrected chi connectivity index (χ4v) is 1.53. The van der Waals surface area contributed by atoms with E-state index in [0.717, 1.165) is 5.69 Å². The van der Waals surface area contributed by atoms with Gasteiger partial charge in [0.25, 0.3) is 0 Å². The highest BCUT2D eigenvalue weighted by atomic mass is 16.5. The zero-order valence-electron chi connectivity index (χ0n) is 10.9. The van der Waals surface area contributed by atoms with Crippen molar-refractivity contribution in [3.63, 3.8) is 0 Å². The second-order valence-electron chi connectivity index (χ2n) is 4.16. The van der Waals surface area contributed by atoms with Gasteiger partial charge in [0.1, 0.15) is 0 Å². The molecule has 0 spiro atoms. The first kappa shape index (κ1) is 13.4. The van der Waals surface area contributed by atoms with Gasteiger partial charge in [-0.2, -0.15) is 0 Å². The topological polar surface area (TPSA) is 55.6 Å². The van der Waals surface area contributed by atoms with Crippen LogP contribution in [0.2, 0.25) is 0 Å². The molecule has 1 aromatic rings. The predicted octanol–water partition coefficient (Wildman–Crippen LogP) is 2.29. The van der Waals surface area contributed by atoms with E-state index < -0.39 is 0 Å². The van der Waals surface area contributed by atoms with Gasteiger partial charge in [0.15, 0.2) is 0 Å². The molecule has 0 heterocycles. The lowest BCUT2D eigenvalue weighted by Gasteiger charge is -2.25. The number of para-hydroxylation sites is 1. The van der Waals surface area contributed by atoms with Crippen LogP contribution in [0.5, 0.6) is 0 Å². The minimum atomic E-state index is -0.371. The lowest BCUT2D eigenvalue weighted by atomic mass is 10.1. The van der Waals surface area contributed by atoms with Crippen LogP contribution in [0, 0.1) is 0 Å². The highest BCUT2D eigenvalue weighted by molar-refractivity contribution is 5.98. The van der Waals surface area contributed by atoms with Gasteiger partial charge in [-0.3, -0.25) is 0 Å². The van der Waals surface area contributed by atoms with Crippen molar-refractivity contribution in [2.24, 2.45) is 0 Å². The quantitative estimate of drug-likeness (QED) is 0.643. The molecule has 4 heteroatoms. The zero-order valence-corrected chi connectivity index (χ0v) is 10.9. The number of carbonyl (C=O) groups is 1. The lowest BCUT2D eigenvalue weighted by molar-refractivity contribution is 0.0527. The maximum Gasteiger partial charge on any atom is 0.340 e. The summed E-state index contributed by atoms with van der Waals surface area (Å²) in [7, 11) is 1.95. The van der Waals surface area contributed by atoms with Crippen LogP contribution in [0.3, 0.4) is 0 Å². The predicted molar refractivity (Wildman–Crippen MR) is 70.3 cm³/mol. The van der Waals surface area contributed by atoms with Crippen molar-refractivity contribution in [1.82, 2.24) is 0 Å². The maximum atomic E-state index is 11.7. The monoisotopic (exact) mass is 236 g/mol. The van der Waals surface area contributed by atoms with Gasteiger partial charge in [0.2, 0.25) is 0 Å². The van der Waals surface area contributed by atoms with E-state index in [1.807, 2.05) is 24.1 Å². The summed E-state index contributed by atoms with van der Waals surface area (Å²) < 4.78 is 4.97. The van der Waals surface area contributed by atoms with Gasteiger partial charge in [0, 0.05) is 13.1 Å². The van der Waals surface area contributed by atoms with Gasteiger partial charge in [-0.05, 0) is 32.9 Å². The SMILES string of the molecule is CCOC(=O)c1cccc(N(C)C(C)C)c1N. The largest absolute Gasteiger partial charge is 0.462 e. The van der Waals surface area contributed by atoms with Gasteiger partial charge in [-0.25, -0.2) is 4.79 Å². The van der Waals surface area contributed by atoms with Crippen LogP contribution in [-0.2, 0) is 4.74 Å². The van der Waals surface area contributed by atoms with Crippen molar-refractivity contribution < 1.29 is 9.53 Å². The molecule has 0 aliphatic heterocycles. The summed E-state index contributed by atoms with van der Waals surface area (Å²) in [5.41, 5.74) is 7.76. The molecule has 1 rings (SSSR count). The molecule has 0 saturated carbocycles. The van der Waals surface area contributed by atoms with Gasteiger partial charge in [0.05, 0.1) is 23.5 Å². The van der Waals surface area contributed by atoms with Gasteiger partial charge in [-0.1, -0.05) is 6.07 Å². The summed E-state index contributed by atoms with van der Waals surface area (Å²) in [5.74, 6) is -0.371. The van der Waals surface area contributed by atoms with Crippen molar-refractivity contribution >= 4 is 17.3 Å². The summed E-state index contributed by atoms with van der Waals surface area (Å²) in [5, 5.41) is 0. The molecule has 0 unspecified atom stereocenters. The van der Waals surface area contributed by atoms with Crippen molar-refractivity contribution in [2.75, 3.05) is 24.3 Å². The number of ether oxygens (including phenoxy) is 1. The first-order valence-electron chi connectivity index (χ1n) is 5.77. The molecule has 2 N–H and O–H groups in total. The third kappa shape index (κ3) is 2.90. The molecule has 0 aromatic heterocycles. The van der Waals surface area contributed by atoms with Crippen LogP contribution < -0.4 is 10.6 Å². The van der Waals surface area contributed by atoms with Crippen LogP contribution in [0.1, 0.15) is 31.1 Å². The maximum absolute atomic E-state index is 11.7. The molecule has 0 fully saturated rings. The van der Waals surface area contributed by atoms with E-state index in [2.05, 4.69) is 13.8 Å². The van der Waals surface area contributed by atoms with Crippen LogP contribution >= 0.6 is 0 Å². The van der Waals surface area contributed by atoms with Gasteiger partial charge < -0.3 is 15.4 Å². The Kier molecular flexibility index (Phi) is 4.37. The Balaban J connectivity index is 3.11. The Morgan fingerprint density at radius 1 is 1.47 bits per heavy atom. The molecule has 1 aromatic carbocycles.